The molecule has 0 unspecified atom stereocenters. The largest absolute Gasteiger partial charge is 0.504 e. The molecule has 1 aromatic rings. The van der Waals surface area contributed by atoms with Gasteiger partial charge in [0.1, 0.15) is 13.2 Å². The number of benzene rings is 1. The molecule has 0 saturated carbocycles. The van der Waals surface area contributed by atoms with E-state index in [1.54, 1.807) is 0 Å². The Morgan fingerprint density at radius 2 is 1.15 bits per heavy atom. The molecule has 6 nitrogen and oxygen atoms in total. The SMILES string of the molecule is CCOCCOc1c(O)ccc(O)c1OCCOCC. The van der Waals surface area contributed by atoms with Crippen LogP contribution in [0.4, 0.5) is 0 Å². The van der Waals surface area contributed by atoms with Gasteiger partial charge in [-0.3, -0.25) is 0 Å². The second kappa shape index (κ2) is 9.28. The van der Waals surface area contributed by atoms with E-state index in [1.165, 1.54) is 12.1 Å². The molecule has 0 fully saturated rings. The summed E-state index contributed by atoms with van der Waals surface area (Å²) in [7, 11) is 0. The number of ether oxygens (including phenoxy) is 4. The zero-order chi connectivity index (χ0) is 14.8. The molecule has 0 aliphatic carbocycles. The average molecular weight is 286 g/mol. The number of phenolic OH excluding ortho intramolecular Hbond substituents is 2. The van der Waals surface area contributed by atoms with E-state index in [2.05, 4.69) is 0 Å². The maximum absolute atomic E-state index is 9.79. The van der Waals surface area contributed by atoms with Crippen LogP contribution in [0.3, 0.4) is 0 Å². The molecule has 0 atom stereocenters. The van der Waals surface area contributed by atoms with Gasteiger partial charge in [-0.15, -0.1) is 0 Å². The van der Waals surface area contributed by atoms with E-state index >= 15 is 0 Å². The standard InChI is InChI=1S/C14H22O6/c1-3-17-7-9-19-13-11(15)5-6-12(16)14(13)20-10-8-18-4-2/h5-6,15-16H,3-4,7-10H2,1-2H3. The second-order valence-electron chi connectivity index (χ2n) is 3.85. The first-order valence-corrected chi connectivity index (χ1v) is 6.66. The highest BCUT2D eigenvalue weighted by Crippen LogP contribution is 2.43. The minimum absolute atomic E-state index is 0.0919. The Morgan fingerprint density at radius 1 is 0.750 bits per heavy atom. The van der Waals surface area contributed by atoms with Gasteiger partial charge >= 0.3 is 0 Å². The molecule has 1 rings (SSSR count). The van der Waals surface area contributed by atoms with Crippen LogP contribution >= 0.6 is 0 Å². The van der Waals surface area contributed by atoms with Crippen molar-refractivity contribution in [1.29, 1.82) is 0 Å². The van der Waals surface area contributed by atoms with Gasteiger partial charge in [-0.05, 0) is 26.0 Å². The van der Waals surface area contributed by atoms with Gasteiger partial charge < -0.3 is 29.2 Å². The highest BCUT2D eigenvalue weighted by molar-refractivity contribution is 5.57. The summed E-state index contributed by atoms with van der Waals surface area (Å²) in [5.41, 5.74) is 0. The van der Waals surface area contributed by atoms with Gasteiger partial charge in [0.05, 0.1) is 13.2 Å². The lowest BCUT2D eigenvalue weighted by atomic mass is 10.2. The third-order valence-electron chi connectivity index (χ3n) is 2.43. The van der Waals surface area contributed by atoms with Crippen LogP contribution in [-0.2, 0) is 9.47 Å². The monoisotopic (exact) mass is 286 g/mol. The van der Waals surface area contributed by atoms with E-state index in [0.29, 0.717) is 26.4 Å². The van der Waals surface area contributed by atoms with Gasteiger partial charge in [0.25, 0.3) is 0 Å². The summed E-state index contributed by atoms with van der Waals surface area (Å²) >= 11 is 0. The molecule has 0 saturated heterocycles. The lowest BCUT2D eigenvalue weighted by Crippen LogP contribution is -2.10. The molecule has 0 bridgehead atoms. The van der Waals surface area contributed by atoms with Crippen LogP contribution in [0.15, 0.2) is 12.1 Å². The van der Waals surface area contributed by atoms with Gasteiger partial charge in [-0.2, -0.15) is 0 Å². The van der Waals surface area contributed by atoms with Crippen molar-refractivity contribution in [3.8, 4) is 23.0 Å². The third kappa shape index (κ3) is 5.14. The zero-order valence-electron chi connectivity index (χ0n) is 11.9. The van der Waals surface area contributed by atoms with E-state index in [9.17, 15) is 10.2 Å². The minimum Gasteiger partial charge on any atom is -0.504 e. The van der Waals surface area contributed by atoms with E-state index < -0.39 is 0 Å². The van der Waals surface area contributed by atoms with Crippen LogP contribution in [0.5, 0.6) is 23.0 Å². The fourth-order valence-electron chi connectivity index (χ4n) is 1.51. The van der Waals surface area contributed by atoms with Crippen LogP contribution in [-0.4, -0.2) is 49.9 Å². The number of hydrogen-bond donors (Lipinski definition) is 2. The Kier molecular flexibility index (Phi) is 7.60. The molecule has 0 spiro atoms. The number of rotatable bonds is 10. The molecule has 0 aliphatic rings. The summed E-state index contributed by atoms with van der Waals surface area (Å²) in [6.07, 6.45) is 0. The lowest BCUT2D eigenvalue weighted by Gasteiger charge is -2.15. The number of hydrogen-bond acceptors (Lipinski definition) is 6. The molecule has 0 heterocycles. The van der Waals surface area contributed by atoms with Crippen molar-refractivity contribution in [2.24, 2.45) is 0 Å². The van der Waals surface area contributed by atoms with E-state index in [4.69, 9.17) is 18.9 Å². The summed E-state index contributed by atoms with van der Waals surface area (Å²) in [5.74, 6) is 0.0406. The third-order valence-corrected chi connectivity index (χ3v) is 2.43. The zero-order valence-corrected chi connectivity index (χ0v) is 11.9. The maximum Gasteiger partial charge on any atom is 0.207 e. The second-order valence-corrected chi connectivity index (χ2v) is 3.85. The molecule has 1 aromatic carbocycles. The van der Waals surface area contributed by atoms with Crippen molar-refractivity contribution in [2.75, 3.05) is 39.6 Å². The fraction of sp³-hybridized carbons (Fsp3) is 0.571. The van der Waals surface area contributed by atoms with Crippen LogP contribution in [0, 0.1) is 0 Å². The van der Waals surface area contributed by atoms with Crippen molar-refractivity contribution in [1.82, 2.24) is 0 Å². The average Bonchev–Trinajstić information content (AvgIpc) is 2.45. The van der Waals surface area contributed by atoms with Crippen molar-refractivity contribution in [2.45, 2.75) is 13.8 Å². The molecule has 20 heavy (non-hydrogen) atoms. The Labute approximate surface area is 118 Å². The molecule has 2 N–H and O–H groups in total. The van der Waals surface area contributed by atoms with E-state index in [-0.39, 0.29) is 36.2 Å². The molecule has 6 heteroatoms. The summed E-state index contributed by atoms with van der Waals surface area (Å²) in [5, 5.41) is 19.6. The summed E-state index contributed by atoms with van der Waals surface area (Å²) in [4.78, 5) is 0. The van der Waals surface area contributed by atoms with Gasteiger partial charge in [0, 0.05) is 13.2 Å². The van der Waals surface area contributed by atoms with Crippen LogP contribution in [0.25, 0.3) is 0 Å². The van der Waals surface area contributed by atoms with Crippen LogP contribution in [0.1, 0.15) is 13.8 Å². The maximum atomic E-state index is 9.79. The predicted molar refractivity (Wildman–Crippen MR) is 73.7 cm³/mol. The topological polar surface area (TPSA) is 77.4 Å². The first-order chi connectivity index (χ1) is 9.70. The normalized spacial score (nSPS) is 10.5. The van der Waals surface area contributed by atoms with Crippen molar-refractivity contribution in [3.05, 3.63) is 12.1 Å². The van der Waals surface area contributed by atoms with Gasteiger partial charge in [-0.25, -0.2) is 0 Å². The number of phenols is 2. The summed E-state index contributed by atoms with van der Waals surface area (Å²) < 4.78 is 21.1. The molecule has 114 valence electrons. The smallest absolute Gasteiger partial charge is 0.207 e. The van der Waals surface area contributed by atoms with Crippen LogP contribution < -0.4 is 9.47 Å². The van der Waals surface area contributed by atoms with Gasteiger partial charge in [-0.1, -0.05) is 0 Å². The fourth-order valence-corrected chi connectivity index (χ4v) is 1.51. The van der Waals surface area contributed by atoms with Gasteiger partial charge in [0.2, 0.25) is 11.5 Å². The summed E-state index contributed by atoms with van der Waals surface area (Å²) in [6.45, 7) is 6.25. The van der Waals surface area contributed by atoms with Crippen molar-refractivity contribution in [3.63, 3.8) is 0 Å². The molecule has 0 aliphatic heterocycles. The molecule has 0 aromatic heterocycles. The first-order valence-electron chi connectivity index (χ1n) is 6.66. The van der Waals surface area contributed by atoms with Crippen molar-refractivity contribution >= 4 is 0 Å². The molecular formula is C14H22O6. The molecule has 0 amide bonds. The highest BCUT2D eigenvalue weighted by Gasteiger charge is 2.16. The Hall–Kier alpha value is -1.66. The van der Waals surface area contributed by atoms with E-state index in [0.717, 1.165) is 0 Å². The summed E-state index contributed by atoms with van der Waals surface area (Å²) in [6, 6.07) is 2.70. The highest BCUT2D eigenvalue weighted by atomic mass is 16.6. The Morgan fingerprint density at radius 3 is 1.50 bits per heavy atom. The Bertz CT molecular complexity index is 356. The quantitative estimate of drug-likeness (QED) is 0.505. The molecular weight excluding hydrogens is 264 g/mol. The molecule has 0 radical (unpaired) electrons. The first kappa shape index (κ1) is 16.4. The predicted octanol–water partition coefficient (Wildman–Crippen LogP) is 1.93. The number of aromatic hydroxyl groups is 2. The van der Waals surface area contributed by atoms with E-state index in [1.807, 2.05) is 13.8 Å². The van der Waals surface area contributed by atoms with Gasteiger partial charge in [0.15, 0.2) is 11.5 Å². The van der Waals surface area contributed by atoms with Crippen LogP contribution in [0.2, 0.25) is 0 Å². The lowest BCUT2D eigenvalue weighted by molar-refractivity contribution is 0.0977. The minimum atomic E-state index is -0.0919. The Balaban J connectivity index is 2.66. The van der Waals surface area contributed by atoms with Crippen molar-refractivity contribution < 1.29 is 29.2 Å².